The molecule has 37 heavy (non-hydrogen) atoms. The molecule has 0 atom stereocenters. The van der Waals surface area contributed by atoms with E-state index in [9.17, 15) is 35.9 Å². The van der Waals surface area contributed by atoms with Crippen molar-refractivity contribution in [1.29, 1.82) is 0 Å². The fraction of sp³-hybridized carbons (Fsp3) is 0.269. The summed E-state index contributed by atoms with van der Waals surface area (Å²) >= 11 is 0. The Bertz CT molecular complexity index is 1360. The van der Waals surface area contributed by atoms with E-state index in [1.807, 2.05) is 0 Å². The van der Waals surface area contributed by atoms with E-state index >= 15 is 0 Å². The number of pyridine rings is 1. The Balaban J connectivity index is 1.62. The Hall–Kier alpha value is -3.89. The largest absolute Gasteiger partial charge is 0.465 e. The molecular weight excluding hydrogens is 502 g/mol. The zero-order chi connectivity index (χ0) is 27.2. The summed E-state index contributed by atoms with van der Waals surface area (Å²) in [7, 11) is 1.14. The number of halogens is 6. The van der Waals surface area contributed by atoms with Crippen molar-refractivity contribution < 1.29 is 40.7 Å². The van der Waals surface area contributed by atoms with Crippen molar-refractivity contribution in [3.05, 3.63) is 82.9 Å². The van der Waals surface area contributed by atoms with Gasteiger partial charge in [-0.05, 0) is 48.7 Å². The maximum absolute atomic E-state index is 14.6. The van der Waals surface area contributed by atoms with Crippen molar-refractivity contribution >= 4 is 17.6 Å². The van der Waals surface area contributed by atoms with Crippen molar-refractivity contribution in [2.75, 3.05) is 12.4 Å². The molecule has 0 radical (unpaired) electrons. The molecule has 1 N–H and O–H groups in total. The third kappa shape index (κ3) is 5.16. The Morgan fingerprint density at radius 3 is 2.22 bits per heavy atom. The number of carbonyl (C=O) groups is 2. The maximum atomic E-state index is 14.6. The van der Waals surface area contributed by atoms with Crippen LogP contribution in [0, 0.1) is 5.82 Å². The number of nitrogens with zero attached hydrogens (tertiary/aromatic N) is 1. The number of alkyl halides is 5. The second kappa shape index (κ2) is 9.20. The average molecular weight is 522 g/mol. The molecule has 0 aliphatic heterocycles. The van der Waals surface area contributed by atoms with Crippen LogP contribution in [-0.2, 0) is 27.0 Å². The summed E-state index contributed by atoms with van der Waals surface area (Å²) in [6.07, 6.45) is -3.09. The first-order valence-electron chi connectivity index (χ1n) is 11.0. The molecule has 3 aromatic rings. The van der Waals surface area contributed by atoms with E-state index in [1.165, 1.54) is 30.5 Å². The number of ether oxygens (including phenoxy) is 1. The molecule has 1 amide bonds. The Morgan fingerprint density at radius 2 is 1.70 bits per heavy atom. The smallest absolute Gasteiger partial charge is 0.416 e. The van der Waals surface area contributed by atoms with Crippen LogP contribution in [0.4, 0.5) is 32.0 Å². The lowest BCUT2D eigenvalue weighted by atomic mass is 9.93. The number of carbonyl (C=O) groups excluding carboxylic acids is 2. The van der Waals surface area contributed by atoms with Crippen molar-refractivity contribution in [2.24, 2.45) is 0 Å². The summed E-state index contributed by atoms with van der Waals surface area (Å²) in [5.41, 5.74) is -2.31. The molecule has 1 aliphatic carbocycles. The van der Waals surface area contributed by atoms with E-state index in [2.05, 4.69) is 10.3 Å². The molecule has 1 aromatic heterocycles. The number of nitrogens with one attached hydrogen (secondary N) is 1. The van der Waals surface area contributed by atoms with Crippen LogP contribution in [-0.4, -0.2) is 24.0 Å². The standard InChI is InChI=1S/C26H20F6N2O3/c1-24(28,29)21-8-3-14(13-33-21)17-6-5-16(12-18(17)22(35)37-2)34-23(36)25(9-10-25)19-7-4-15(11-20(19)27)26(30,31)32/h3-8,11-13H,9-10H2,1-2H3,(H,34,36). The minimum atomic E-state index is -4.72. The minimum absolute atomic E-state index is 0.00339. The van der Waals surface area contributed by atoms with Crippen LogP contribution in [0.5, 0.6) is 0 Å². The highest BCUT2D eigenvalue weighted by Crippen LogP contribution is 2.50. The van der Waals surface area contributed by atoms with Crippen molar-refractivity contribution in [1.82, 2.24) is 4.98 Å². The van der Waals surface area contributed by atoms with E-state index in [0.29, 0.717) is 24.1 Å². The summed E-state index contributed by atoms with van der Waals surface area (Å²) in [5, 5.41) is 2.59. The first-order chi connectivity index (χ1) is 17.3. The zero-order valence-corrected chi connectivity index (χ0v) is 19.6. The van der Waals surface area contributed by atoms with Gasteiger partial charge in [-0.25, -0.2) is 9.18 Å². The number of hydrogen-bond acceptors (Lipinski definition) is 4. The van der Waals surface area contributed by atoms with Gasteiger partial charge in [-0.3, -0.25) is 9.78 Å². The quantitative estimate of drug-likeness (QED) is 0.298. The summed E-state index contributed by atoms with van der Waals surface area (Å²) in [6, 6.07) is 8.75. The van der Waals surface area contributed by atoms with E-state index in [0.717, 1.165) is 25.3 Å². The molecule has 1 saturated carbocycles. The van der Waals surface area contributed by atoms with Crippen molar-refractivity contribution in [3.8, 4) is 11.1 Å². The number of anilines is 1. The van der Waals surface area contributed by atoms with Crippen LogP contribution < -0.4 is 5.32 Å². The number of amides is 1. The zero-order valence-electron chi connectivity index (χ0n) is 19.6. The van der Waals surface area contributed by atoms with Gasteiger partial charge in [0, 0.05) is 29.9 Å². The second-order valence-electron chi connectivity index (χ2n) is 8.80. The molecule has 1 heterocycles. The summed E-state index contributed by atoms with van der Waals surface area (Å²) in [4.78, 5) is 29.3. The van der Waals surface area contributed by atoms with Gasteiger partial charge in [-0.2, -0.15) is 22.0 Å². The molecule has 1 fully saturated rings. The predicted molar refractivity (Wildman–Crippen MR) is 122 cm³/mol. The highest BCUT2D eigenvalue weighted by molar-refractivity contribution is 6.04. The van der Waals surface area contributed by atoms with E-state index < -0.39 is 46.5 Å². The van der Waals surface area contributed by atoms with E-state index in [4.69, 9.17) is 4.74 Å². The topological polar surface area (TPSA) is 68.3 Å². The first kappa shape index (κ1) is 26.2. The molecule has 0 saturated heterocycles. The Kier molecular flexibility index (Phi) is 6.51. The fourth-order valence-electron chi connectivity index (χ4n) is 4.04. The molecule has 0 unspecified atom stereocenters. The first-order valence-corrected chi connectivity index (χ1v) is 11.0. The van der Waals surface area contributed by atoms with Gasteiger partial charge in [-0.15, -0.1) is 0 Å². The van der Waals surface area contributed by atoms with Crippen LogP contribution in [0.2, 0.25) is 0 Å². The molecule has 5 nitrogen and oxygen atoms in total. The molecule has 4 rings (SSSR count). The number of hydrogen-bond donors (Lipinski definition) is 1. The number of benzene rings is 2. The average Bonchev–Trinajstić information content (AvgIpc) is 3.64. The molecule has 1 aliphatic rings. The number of aromatic nitrogens is 1. The summed E-state index contributed by atoms with van der Waals surface area (Å²) < 4.78 is 85.1. The van der Waals surface area contributed by atoms with Crippen LogP contribution in [0.3, 0.4) is 0 Å². The lowest BCUT2D eigenvalue weighted by Crippen LogP contribution is -2.29. The molecule has 194 valence electrons. The number of rotatable bonds is 6. The molecule has 11 heteroatoms. The Morgan fingerprint density at radius 1 is 1.00 bits per heavy atom. The highest BCUT2D eigenvalue weighted by atomic mass is 19.4. The monoisotopic (exact) mass is 522 g/mol. The van der Waals surface area contributed by atoms with E-state index in [-0.39, 0.29) is 29.7 Å². The fourth-order valence-corrected chi connectivity index (χ4v) is 4.04. The third-order valence-corrected chi connectivity index (χ3v) is 6.20. The van der Waals surface area contributed by atoms with Gasteiger partial charge >= 0.3 is 12.1 Å². The summed E-state index contributed by atoms with van der Waals surface area (Å²) in [5.74, 6) is -5.71. The normalized spacial score (nSPS) is 14.7. The SMILES string of the molecule is COC(=O)c1cc(NC(=O)C2(c3ccc(C(F)(F)F)cc3F)CC2)ccc1-c1ccc(C(C)(F)F)nc1. The lowest BCUT2D eigenvalue weighted by Gasteiger charge is -2.18. The van der Waals surface area contributed by atoms with Gasteiger partial charge in [-0.1, -0.05) is 18.2 Å². The van der Waals surface area contributed by atoms with Gasteiger partial charge in [0.2, 0.25) is 5.91 Å². The van der Waals surface area contributed by atoms with Crippen LogP contribution >= 0.6 is 0 Å². The van der Waals surface area contributed by atoms with Gasteiger partial charge in [0.15, 0.2) is 0 Å². The predicted octanol–water partition coefficient (Wildman–Crippen LogP) is 6.48. The van der Waals surface area contributed by atoms with Crippen molar-refractivity contribution in [3.63, 3.8) is 0 Å². The van der Waals surface area contributed by atoms with Gasteiger partial charge in [0.25, 0.3) is 5.92 Å². The van der Waals surface area contributed by atoms with Crippen LogP contribution in [0.15, 0.2) is 54.7 Å². The van der Waals surface area contributed by atoms with Gasteiger partial charge < -0.3 is 10.1 Å². The highest BCUT2D eigenvalue weighted by Gasteiger charge is 2.53. The molecule has 0 spiro atoms. The minimum Gasteiger partial charge on any atom is -0.465 e. The molecular formula is C26H20F6N2O3. The summed E-state index contributed by atoms with van der Waals surface area (Å²) in [6.45, 7) is 0.704. The van der Waals surface area contributed by atoms with Crippen LogP contribution in [0.25, 0.3) is 11.1 Å². The lowest BCUT2D eigenvalue weighted by molar-refractivity contribution is -0.137. The number of methoxy groups -OCH3 is 1. The molecule has 2 aromatic carbocycles. The molecule has 0 bridgehead atoms. The third-order valence-electron chi connectivity index (χ3n) is 6.20. The maximum Gasteiger partial charge on any atom is 0.416 e. The van der Waals surface area contributed by atoms with Gasteiger partial charge in [0.05, 0.1) is 23.7 Å². The van der Waals surface area contributed by atoms with Crippen molar-refractivity contribution in [2.45, 2.75) is 37.3 Å². The van der Waals surface area contributed by atoms with E-state index in [1.54, 1.807) is 0 Å². The number of esters is 1. The Labute approximate surface area is 207 Å². The van der Waals surface area contributed by atoms with Crippen LogP contribution in [0.1, 0.15) is 46.9 Å². The second-order valence-corrected chi connectivity index (χ2v) is 8.80. The van der Waals surface area contributed by atoms with Gasteiger partial charge in [0.1, 0.15) is 11.5 Å².